The first kappa shape index (κ1) is 29.1. The molecule has 0 amide bonds. The van der Waals surface area contributed by atoms with Crippen LogP contribution in [0.15, 0.2) is 125 Å². The highest BCUT2D eigenvalue weighted by Gasteiger charge is 2.42. The van der Waals surface area contributed by atoms with E-state index in [4.69, 9.17) is 9.98 Å². The summed E-state index contributed by atoms with van der Waals surface area (Å²) in [6.45, 7) is 11.7. The van der Waals surface area contributed by atoms with Gasteiger partial charge in [-0.15, -0.1) is 0 Å². The third-order valence-corrected chi connectivity index (χ3v) is 11.7. The van der Waals surface area contributed by atoms with Crippen LogP contribution in [-0.2, 0) is 17.3 Å². The van der Waals surface area contributed by atoms with E-state index in [1.807, 2.05) is 0 Å². The molecule has 3 aliphatic carbocycles. The molecule has 4 aliphatic rings. The summed E-state index contributed by atoms with van der Waals surface area (Å²) < 4.78 is 0. The first-order chi connectivity index (χ1) is 23.1. The first-order valence-electron chi connectivity index (χ1n) is 17.2. The third kappa shape index (κ3) is 4.06. The van der Waals surface area contributed by atoms with E-state index in [2.05, 4.69) is 168 Å². The minimum Gasteiger partial charge on any atom is -0.336 e. The zero-order valence-corrected chi connectivity index (χ0v) is 28.7. The van der Waals surface area contributed by atoms with Gasteiger partial charge in [-0.25, -0.2) is 9.98 Å². The van der Waals surface area contributed by atoms with Gasteiger partial charge in [0.1, 0.15) is 12.0 Å². The normalized spacial score (nSPS) is 22.2. The van der Waals surface area contributed by atoms with Crippen LogP contribution < -0.4 is 0 Å². The average molecular weight is 624 g/mol. The zero-order valence-electron chi connectivity index (χ0n) is 28.7. The maximum absolute atomic E-state index is 5.54. The molecule has 0 saturated carbocycles. The molecule has 0 aromatic heterocycles. The number of benzene rings is 5. The molecule has 5 aromatic carbocycles. The van der Waals surface area contributed by atoms with Crippen LogP contribution in [0.3, 0.4) is 0 Å². The lowest BCUT2D eigenvalue weighted by Crippen LogP contribution is -2.50. The van der Waals surface area contributed by atoms with E-state index in [9.17, 15) is 0 Å². The number of fused-ring (bicyclic) bond motifs is 7. The molecular weight excluding hydrogens is 583 g/mol. The maximum Gasteiger partial charge on any atom is 0.159 e. The molecule has 0 bridgehead atoms. The van der Waals surface area contributed by atoms with Crippen molar-refractivity contribution in [1.82, 2.24) is 4.90 Å². The number of amidine groups is 2. The Hall–Kier alpha value is -5.02. The monoisotopic (exact) mass is 623 g/mol. The van der Waals surface area contributed by atoms with Crippen LogP contribution in [0.2, 0.25) is 0 Å². The molecule has 0 radical (unpaired) electrons. The van der Waals surface area contributed by atoms with Crippen LogP contribution in [0.25, 0.3) is 28.3 Å². The fourth-order valence-corrected chi connectivity index (χ4v) is 8.99. The number of rotatable bonds is 3. The van der Waals surface area contributed by atoms with Gasteiger partial charge in [-0.2, -0.15) is 0 Å². The molecule has 0 saturated heterocycles. The van der Waals surface area contributed by atoms with Crippen molar-refractivity contribution in [2.24, 2.45) is 15.4 Å². The Balaban J connectivity index is 1.20. The predicted octanol–water partition coefficient (Wildman–Crippen LogP) is 10.0. The summed E-state index contributed by atoms with van der Waals surface area (Å²) >= 11 is 0. The van der Waals surface area contributed by atoms with E-state index in [0.29, 0.717) is 0 Å². The summed E-state index contributed by atoms with van der Waals surface area (Å²) in [4.78, 5) is 13.3. The van der Waals surface area contributed by atoms with E-state index in [-0.39, 0.29) is 22.4 Å². The molecule has 2 unspecified atom stereocenters. The van der Waals surface area contributed by atoms with Crippen molar-refractivity contribution < 1.29 is 0 Å². The minimum atomic E-state index is -0.228. The highest BCUT2D eigenvalue weighted by Crippen LogP contribution is 2.50. The molecule has 3 nitrogen and oxygen atoms in total. The molecule has 9 rings (SSSR count). The molecule has 236 valence electrons. The van der Waals surface area contributed by atoms with E-state index < -0.39 is 0 Å². The Labute approximate surface area is 284 Å². The smallest absolute Gasteiger partial charge is 0.159 e. The maximum atomic E-state index is 5.54. The lowest BCUT2D eigenvalue weighted by molar-refractivity contribution is 0.204. The van der Waals surface area contributed by atoms with Crippen LogP contribution in [0.1, 0.15) is 79.1 Å². The Bertz CT molecular complexity index is 2260. The standard InChI is InChI=1S/C45H41N3/c1-43(2)36-17-11-9-15-32(36)34-21-19-29(25-38(34)43)40-46-41(30-20-22-35-33-16-10-12-18-37(33)44(3,4)39(35)26-30)48(6)42(47-40)45(5)24-23-28-13-7-8-14-31(28)27-45/h7-26,42H,27H2,1-6H3. The molecule has 48 heavy (non-hydrogen) atoms. The van der Waals surface area contributed by atoms with Crippen molar-refractivity contribution in [2.75, 3.05) is 7.05 Å². The van der Waals surface area contributed by atoms with E-state index in [1.54, 1.807) is 0 Å². The Morgan fingerprint density at radius 2 is 1.15 bits per heavy atom. The van der Waals surface area contributed by atoms with E-state index in [0.717, 1.165) is 29.2 Å². The van der Waals surface area contributed by atoms with Gasteiger partial charge in [0.2, 0.25) is 0 Å². The summed E-state index contributed by atoms with van der Waals surface area (Å²) in [5.41, 5.74) is 15.2. The van der Waals surface area contributed by atoms with Crippen molar-refractivity contribution in [3.63, 3.8) is 0 Å². The second kappa shape index (κ2) is 10.00. The number of aliphatic imine (C=N–C) groups is 2. The van der Waals surface area contributed by atoms with Gasteiger partial charge in [0.05, 0.1) is 0 Å². The summed E-state index contributed by atoms with van der Waals surface area (Å²) in [7, 11) is 2.18. The summed E-state index contributed by atoms with van der Waals surface area (Å²) in [5, 5.41) is 0. The lowest BCUT2D eigenvalue weighted by Gasteiger charge is -2.43. The summed E-state index contributed by atoms with van der Waals surface area (Å²) in [5.74, 6) is 1.77. The minimum absolute atomic E-state index is 0.0889. The third-order valence-electron chi connectivity index (χ3n) is 11.7. The lowest BCUT2D eigenvalue weighted by atomic mass is 9.75. The van der Waals surface area contributed by atoms with Gasteiger partial charge in [-0.3, -0.25) is 0 Å². The quantitative estimate of drug-likeness (QED) is 0.197. The van der Waals surface area contributed by atoms with Crippen LogP contribution in [0, 0.1) is 5.41 Å². The SMILES string of the molecule is CN1C(c2ccc3c(c2)C(C)(C)c2ccccc2-3)=NC(c2ccc3c(c2)C(C)(C)c2ccccc2-3)=NC1C1(C)C=Cc2ccccc2C1. The molecule has 0 fully saturated rings. The fourth-order valence-electron chi connectivity index (χ4n) is 8.99. The number of hydrogen-bond donors (Lipinski definition) is 0. The topological polar surface area (TPSA) is 28.0 Å². The average Bonchev–Trinajstić information content (AvgIpc) is 3.47. The molecule has 2 atom stereocenters. The molecule has 1 aliphatic heterocycles. The highest BCUT2D eigenvalue weighted by molar-refractivity contribution is 6.13. The highest BCUT2D eigenvalue weighted by atomic mass is 15.3. The summed E-state index contributed by atoms with van der Waals surface area (Å²) in [6.07, 6.45) is 5.45. The van der Waals surface area contributed by atoms with Crippen molar-refractivity contribution in [1.29, 1.82) is 0 Å². The van der Waals surface area contributed by atoms with Crippen molar-refractivity contribution in [3.8, 4) is 22.3 Å². The molecule has 0 spiro atoms. The summed E-state index contributed by atoms with van der Waals surface area (Å²) in [6, 6.07) is 40.3. The van der Waals surface area contributed by atoms with Gasteiger partial charge < -0.3 is 4.90 Å². The Kier molecular flexibility index (Phi) is 6.07. The molecule has 3 heteroatoms. The number of hydrogen-bond acceptors (Lipinski definition) is 3. The number of nitrogens with zero attached hydrogens (tertiary/aromatic N) is 3. The van der Waals surface area contributed by atoms with Crippen LogP contribution >= 0.6 is 0 Å². The second-order valence-electron chi connectivity index (χ2n) is 15.4. The van der Waals surface area contributed by atoms with Crippen molar-refractivity contribution in [2.45, 2.75) is 58.0 Å². The van der Waals surface area contributed by atoms with Gasteiger partial charge in [0.25, 0.3) is 0 Å². The van der Waals surface area contributed by atoms with Gasteiger partial charge in [-0.05, 0) is 74.2 Å². The largest absolute Gasteiger partial charge is 0.336 e. The second-order valence-corrected chi connectivity index (χ2v) is 15.4. The van der Waals surface area contributed by atoms with Crippen LogP contribution in [-0.4, -0.2) is 29.8 Å². The van der Waals surface area contributed by atoms with Gasteiger partial charge >= 0.3 is 0 Å². The van der Waals surface area contributed by atoms with Gasteiger partial charge in [0.15, 0.2) is 5.84 Å². The van der Waals surface area contributed by atoms with Gasteiger partial charge in [-0.1, -0.05) is 144 Å². The van der Waals surface area contributed by atoms with Crippen LogP contribution in [0.5, 0.6) is 0 Å². The molecular formula is C45H41N3. The van der Waals surface area contributed by atoms with E-state index >= 15 is 0 Å². The van der Waals surface area contributed by atoms with Gasteiger partial charge in [0, 0.05) is 34.4 Å². The van der Waals surface area contributed by atoms with Crippen LogP contribution in [0.4, 0.5) is 0 Å². The molecule has 5 aromatic rings. The van der Waals surface area contributed by atoms with E-state index in [1.165, 1.54) is 55.6 Å². The Morgan fingerprint density at radius 3 is 1.81 bits per heavy atom. The molecule has 1 heterocycles. The zero-order chi connectivity index (χ0) is 33.0. The predicted molar refractivity (Wildman–Crippen MR) is 200 cm³/mol. The molecule has 0 N–H and O–H groups in total. The fraction of sp³-hybridized carbons (Fsp3) is 0.244. The van der Waals surface area contributed by atoms with Crippen molar-refractivity contribution in [3.05, 3.63) is 160 Å². The van der Waals surface area contributed by atoms with Crippen molar-refractivity contribution >= 4 is 17.7 Å². The first-order valence-corrected chi connectivity index (χ1v) is 17.2. The Morgan fingerprint density at radius 1 is 0.604 bits per heavy atom.